The van der Waals surface area contributed by atoms with E-state index < -0.39 is 17.6 Å². The van der Waals surface area contributed by atoms with Crippen LogP contribution in [0.25, 0.3) is 10.9 Å². The SMILES string of the molecule is CCc1c(C(=O)C(N)=O)c2c(OCC(=O)NOc3ccccc3)cccc2n1Cc1ccccc1. The molecule has 4 rings (SSSR count). The summed E-state index contributed by atoms with van der Waals surface area (Å²) in [4.78, 5) is 42.4. The van der Waals surface area contributed by atoms with Crippen molar-refractivity contribution in [2.24, 2.45) is 5.73 Å². The lowest BCUT2D eigenvalue weighted by atomic mass is 10.0. The minimum atomic E-state index is -1.05. The summed E-state index contributed by atoms with van der Waals surface area (Å²) < 4.78 is 7.77. The monoisotopic (exact) mass is 471 g/mol. The van der Waals surface area contributed by atoms with Crippen molar-refractivity contribution < 1.29 is 24.0 Å². The number of nitrogens with one attached hydrogen (secondary N) is 1. The lowest BCUT2D eigenvalue weighted by Crippen LogP contribution is -2.31. The van der Waals surface area contributed by atoms with Crippen molar-refractivity contribution in [3.05, 3.63) is 95.7 Å². The quantitative estimate of drug-likeness (QED) is 0.209. The third kappa shape index (κ3) is 5.16. The van der Waals surface area contributed by atoms with Gasteiger partial charge in [0.25, 0.3) is 17.6 Å². The molecule has 4 aromatic rings. The van der Waals surface area contributed by atoms with Crippen LogP contribution in [-0.4, -0.2) is 28.8 Å². The van der Waals surface area contributed by atoms with Gasteiger partial charge in [0.05, 0.1) is 16.5 Å². The van der Waals surface area contributed by atoms with Crippen LogP contribution in [-0.2, 0) is 22.6 Å². The van der Waals surface area contributed by atoms with Gasteiger partial charge in [0.15, 0.2) is 12.4 Å². The Morgan fingerprint density at radius 3 is 2.26 bits per heavy atom. The number of para-hydroxylation sites is 1. The molecule has 0 spiro atoms. The minimum Gasteiger partial charge on any atom is -0.483 e. The van der Waals surface area contributed by atoms with Gasteiger partial charge in [-0.1, -0.05) is 61.5 Å². The van der Waals surface area contributed by atoms with Crippen molar-refractivity contribution >= 4 is 28.5 Å². The predicted octanol–water partition coefficient (Wildman–Crippen LogP) is 3.41. The number of nitrogens with zero attached hydrogens (tertiary/aromatic N) is 1. The number of hydroxylamine groups is 1. The van der Waals surface area contributed by atoms with Crippen molar-refractivity contribution in [2.75, 3.05) is 6.61 Å². The van der Waals surface area contributed by atoms with Crippen LogP contribution < -0.4 is 20.8 Å². The molecule has 0 aliphatic carbocycles. The highest BCUT2D eigenvalue weighted by Gasteiger charge is 2.27. The summed E-state index contributed by atoms with van der Waals surface area (Å²) in [6.45, 7) is 2.03. The molecule has 0 aliphatic heterocycles. The zero-order valence-corrected chi connectivity index (χ0v) is 19.2. The standard InChI is InChI=1S/C27H25N3O5/c1-2-20-25(26(32)27(28)33)24-21(30(20)16-18-10-5-3-6-11-18)14-9-15-22(24)34-17-23(31)29-35-19-12-7-4-8-13-19/h3-15H,2,16-17H2,1H3,(H2,28,33)(H,29,31). The summed E-state index contributed by atoms with van der Waals surface area (Å²) in [5, 5.41) is 0.445. The van der Waals surface area contributed by atoms with Crippen LogP contribution in [0.4, 0.5) is 0 Å². The molecule has 0 bridgehead atoms. The fraction of sp³-hybridized carbons (Fsp3) is 0.148. The largest absolute Gasteiger partial charge is 0.483 e. The number of aromatic nitrogens is 1. The molecule has 178 valence electrons. The Hall–Kier alpha value is -4.59. The van der Waals surface area contributed by atoms with E-state index >= 15 is 0 Å². The van der Waals surface area contributed by atoms with Crippen molar-refractivity contribution in [3.8, 4) is 11.5 Å². The Morgan fingerprint density at radius 1 is 0.914 bits per heavy atom. The normalized spacial score (nSPS) is 10.7. The highest BCUT2D eigenvalue weighted by Crippen LogP contribution is 2.35. The number of primary amides is 1. The average molecular weight is 472 g/mol. The number of amides is 2. The van der Waals surface area contributed by atoms with Crippen LogP contribution in [0.1, 0.15) is 28.5 Å². The third-order valence-electron chi connectivity index (χ3n) is 5.51. The molecule has 1 aromatic heterocycles. The van der Waals surface area contributed by atoms with Gasteiger partial charge in [0, 0.05) is 12.2 Å². The molecular formula is C27H25N3O5. The Labute approximate surface area is 202 Å². The Bertz CT molecular complexity index is 1360. The number of rotatable bonds is 10. The second-order valence-electron chi connectivity index (χ2n) is 7.82. The molecule has 8 heteroatoms. The van der Waals surface area contributed by atoms with E-state index in [1.54, 1.807) is 36.4 Å². The number of hydrogen-bond donors (Lipinski definition) is 2. The van der Waals surface area contributed by atoms with E-state index in [4.69, 9.17) is 15.3 Å². The van der Waals surface area contributed by atoms with Gasteiger partial charge in [-0.3, -0.25) is 14.4 Å². The second-order valence-corrected chi connectivity index (χ2v) is 7.82. The fourth-order valence-electron chi connectivity index (χ4n) is 4.00. The van der Waals surface area contributed by atoms with Gasteiger partial charge in [-0.2, -0.15) is 5.48 Å². The Balaban J connectivity index is 1.68. The smallest absolute Gasteiger partial charge is 0.290 e. The summed E-state index contributed by atoms with van der Waals surface area (Å²) in [7, 11) is 0. The summed E-state index contributed by atoms with van der Waals surface area (Å²) in [6, 6.07) is 23.8. The average Bonchev–Trinajstić information content (AvgIpc) is 3.20. The number of carbonyl (C=O) groups excluding carboxylic acids is 3. The molecule has 1 heterocycles. The van der Waals surface area contributed by atoms with Crippen LogP contribution in [0.5, 0.6) is 11.5 Å². The maximum Gasteiger partial charge on any atom is 0.290 e. The summed E-state index contributed by atoms with van der Waals surface area (Å²) >= 11 is 0. The molecule has 8 nitrogen and oxygen atoms in total. The first-order valence-corrected chi connectivity index (χ1v) is 11.1. The van der Waals surface area contributed by atoms with Crippen molar-refractivity contribution in [2.45, 2.75) is 19.9 Å². The number of nitrogens with two attached hydrogens (primary N) is 1. The number of carbonyl (C=O) groups is 3. The molecule has 3 N–H and O–H groups in total. The molecule has 0 unspecified atom stereocenters. The summed E-state index contributed by atoms with van der Waals surface area (Å²) in [6.07, 6.45) is 0.487. The van der Waals surface area contributed by atoms with Gasteiger partial charge < -0.3 is 19.9 Å². The number of benzene rings is 3. The van der Waals surface area contributed by atoms with Gasteiger partial charge in [-0.25, -0.2) is 0 Å². The van der Waals surface area contributed by atoms with Gasteiger partial charge >= 0.3 is 0 Å². The molecule has 0 radical (unpaired) electrons. The van der Waals surface area contributed by atoms with Gasteiger partial charge in [-0.05, 0) is 36.2 Å². The molecular weight excluding hydrogens is 446 g/mol. The van der Waals surface area contributed by atoms with Crippen molar-refractivity contribution in [3.63, 3.8) is 0 Å². The fourth-order valence-corrected chi connectivity index (χ4v) is 4.00. The van der Waals surface area contributed by atoms with E-state index in [1.807, 2.05) is 54.0 Å². The van der Waals surface area contributed by atoms with Crippen LogP contribution in [0.15, 0.2) is 78.9 Å². The molecule has 0 saturated carbocycles. The van der Waals surface area contributed by atoms with Gasteiger partial charge in [-0.15, -0.1) is 0 Å². The number of ketones is 1. The maximum absolute atomic E-state index is 12.9. The Kier molecular flexibility index (Phi) is 7.11. The maximum atomic E-state index is 12.9. The number of fused-ring (bicyclic) bond motifs is 1. The minimum absolute atomic E-state index is 0.197. The predicted molar refractivity (Wildman–Crippen MR) is 131 cm³/mol. The zero-order valence-electron chi connectivity index (χ0n) is 19.2. The number of hydrogen-bond acceptors (Lipinski definition) is 5. The third-order valence-corrected chi connectivity index (χ3v) is 5.51. The molecule has 0 fully saturated rings. The first-order valence-electron chi connectivity index (χ1n) is 11.1. The van der Waals surface area contributed by atoms with E-state index in [-0.39, 0.29) is 12.2 Å². The lowest BCUT2D eigenvalue weighted by Gasteiger charge is -2.11. The van der Waals surface area contributed by atoms with E-state index in [9.17, 15) is 14.4 Å². The van der Waals surface area contributed by atoms with Crippen LogP contribution >= 0.6 is 0 Å². The first kappa shape index (κ1) is 23.6. The zero-order chi connectivity index (χ0) is 24.8. The van der Waals surface area contributed by atoms with E-state index in [2.05, 4.69) is 5.48 Å². The molecule has 0 saturated heterocycles. The summed E-state index contributed by atoms with van der Waals surface area (Å²) in [5.41, 5.74) is 10.3. The molecule has 3 aromatic carbocycles. The molecule has 0 aliphatic rings. The summed E-state index contributed by atoms with van der Waals surface area (Å²) in [5.74, 6) is -1.60. The first-order chi connectivity index (χ1) is 17.0. The van der Waals surface area contributed by atoms with Crippen LogP contribution in [0, 0.1) is 0 Å². The highest BCUT2D eigenvalue weighted by atomic mass is 16.7. The lowest BCUT2D eigenvalue weighted by molar-refractivity contribution is -0.129. The molecule has 35 heavy (non-hydrogen) atoms. The van der Waals surface area contributed by atoms with Crippen molar-refractivity contribution in [1.82, 2.24) is 10.0 Å². The van der Waals surface area contributed by atoms with E-state index in [1.165, 1.54) is 0 Å². The molecule has 0 atom stereocenters. The topological polar surface area (TPSA) is 113 Å². The Morgan fingerprint density at radius 2 is 1.60 bits per heavy atom. The second kappa shape index (κ2) is 10.6. The van der Waals surface area contributed by atoms with Gasteiger partial charge in [0.2, 0.25) is 0 Å². The van der Waals surface area contributed by atoms with Gasteiger partial charge in [0.1, 0.15) is 5.75 Å². The number of Topliss-reactive ketones (excluding diaryl/α,β-unsaturated/α-hetero) is 1. The van der Waals surface area contributed by atoms with E-state index in [0.29, 0.717) is 41.1 Å². The number of ether oxygens (including phenoxy) is 1. The van der Waals surface area contributed by atoms with Crippen LogP contribution in [0.2, 0.25) is 0 Å². The van der Waals surface area contributed by atoms with Crippen molar-refractivity contribution in [1.29, 1.82) is 0 Å². The van der Waals surface area contributed by atoms with Crippen LogP contribution in [0.3, 0.4) is 0 Å². The highest BCUT2D eigenvalue weighted by molar-refractivity contribution is 6.45. The molecule has 2 amide bonds. The van der Waals surface area contributed by atoms with E-state index in [0.717, 1.165) is 5.56 Å².